The van der Waals surface area contributed by atoms with Gasteiger partial charge in [0.05, 0.1) is 18.2 Å². The van der Waals surface area contributed by atoms with Crippen molar-refractivity contribution in [1.82, 2.24) is 9.55 Å². The summed E-state index contributed by atoms with van der Waals surface area (Å²) in [6.45, 7) is 6.73. The summed E-state index contributed by atoms with van der Waals surface area (Å²) in [6.07, 6.45) is 6.09. The van der Waals surface area contributed by atoms with Gasteiger partial charge in [-0.15, -0.1) is 0 Å². The Bertz CT molecular complexity index is 1870. The molecular formula is C38H34N3O+. The zero-order chi connectivity index (χ0) is 28.9. The molecule has 0 N–H and O–H groups in total. The Balaban J connectivity index is 1.46. The summed E-state index contributed by atoms with van der Waals surface area (Å²) in [5.41, 5.74) is 8.62. The maximum atomic E-state index is 6.61. The van der Waals surface area contributed by atoms with Crippen molar-refractivity contribution in [3.05, 3.63) is 162 Å². The molecule has 0 atom stereocenters. The van der Waals surface area contributed by atoms with Gasteiger partial charge in [0.15, 0.2) is 0 Å². The lowest BCUT2D eigenvalue weighted by Gasteiger charge is -2.34. The van der Waals surface area contributed by atoms with Crippen LogP contribution in [-0.4, -0.2) is 9.55 Å². The molecule has 4 aromatic carbocycles. The lowest BCUT2D eigenvalue weighted by atomic mass is 9.69. The van der Waals surface area contributed by atoms with Crippen molar-refractivity contribution >= 4 is 0 Å². The summed E-state index contributed by atoms with van der Waals surface area (Å²) in [5.74, 6) is 1.33. The molecule has 0 radical (unpaired) electrons. The van der Waals surface area contributed by atoms with Crippen molar-refractivity contribution in [2.45, 2.75) is 31.6 Å². The summed E-state index contributed by atoms with van der Waals surface area (Å²) in [7, 11) is 2.02. The van der Waals surface area contributed by atoms with E-state index in [4.69, 9.17) is 9.72 Å². The second-order valence-corrected chi connectivity index (χ2v) is 12.1. The van der Waals surface area contributed by atoms with E-state index in [1.54, 1.807) is 0 Å². The lowest BCUT2D eigenvalue weighted by molar-refractivity contribution is -0.670. The van der Waals surface area contributed by atoms with Crippen LogP contribution in [0.3, 0.4) is 0 Å². The fourth-order valence-electron chi connectivity index (χ4n) is 6.27. The second kappa shape index (κ2) is 9.85. The standard InChI is InChI=1S/C38H34N3O/c1-37(2,3)28-23-35(39-36(24-28)42-30-16-12-15-29(25-30)41-22-21-40(4)26-41)38(27-13-6-5-7-14-27)33-19-10-8-17-31(33)32-18-9-11-20-34(32)38/h5-26H,1-4H3/q+1. The molecule has 0 fully saturated rings. The average molecular weight is 549 g/mol. The molecule has 0 unspecified atom stereocenters. The molecule has 2 aromatic heterocycles. The van der Waals surface area contributed by atoms with Crippen LogP contribution < -0.4 is 9.30 Å². The number of fused-ring (bicyclic) bond motifs is 3. The maximum Gasteiger partial charge on any atom is 0.248 e. The Labute approximate surface area is 247 Å². The number of benzene rings is 4. The molecule has 42 heavy (non-hydrogen) atoms. The monoisotopic (exact) mass is 548 g/mol. The lowest BCUT2D eigenvalue weighted by Crippen LogP contribution is -2.30. The van der Waals surface area contributed by atoms with E-state index in [9.17, 15) is 0 Å². The minimum atomic E-state index is -0.588. The third-order valence-electron chi connectivity index (χ3n) is 8.32. The number of ether oxygens (including phenoxy) is 1. The molecule has 0 amide bonds. The van der Waals surface area contributed by atoms with Crippen molar-refractivity contribution in [2.24, 2.45) is 7.05 Å². The zero-order valence-corrected chi connectivity index (χ0v) is 24.5. The van der Waals surface area contributed by atoms with Crippen LogP contribution in [0.15, 0.2) is 134 Å². The Morgan fingerprint density at radius 1 is 0.738 bits per heavy atom. The first-order valence-corrected chi connectivity index (χ1v) is 14.4. The maximum absolute atomic E-state index is 6.61. The van der Waals surface area contributed by atoms with Crippen molar-refractivity contribution in [2.75, 3.05) is 0 Å². The van der Waals surface area contributed by atoms with E-state index in [0.717, 1.165) is 17.1 Å². The average Bonchev–Trinajstić information content (AvgIpc) is 3.57. The topological polar surface area (TPSA) is 30.9 Å². The number of imidazole rings is 1. The first-order valence-electron chi connectivity index (χ1n) is 14.4. The van der Waals surface area contributed by atoms with Gasteiger partial charge in [-0.3, -0.25) is 0 Å². The van der Waals surface area contributed by atoms with Gasteiger partial charge in [0.1, 0.15) is 23.8 Å². The number of hydrogen-bond donors (Lipinski definition) is 0. The molecule has 0 spiro atoms. The Kier molecular flexibility index (Phi) is 6.09. The van der Waals surface area contributed by atoms with Crippen LogP contribution in [0.5, 0.6) is 11.6 Å². The van der Waals surface area contributed by atoms with E-state index in [1.165, 1.54) is 33.4 Å². The van der Waals surface area contributed by atoms with Gasteiger partial charge in [-0.2, -0.15) is 0 Å². The Morgan fingerprint density at radius 2 is 1.40 bits per heavy atom. The van der Waals surface area contributed by atoms with E-state index in [2.05, 4.69) is 128 Å². The zero-order valence-electron chi connectivity index (χ0n) is 24.5. The predicted octanol–water partition coefficient (Wildman–Crippen LogP) is 8.15. The van der Waals surface area contributed by atoms with Gasteiger partial charge in [-0.25, -0.2) is 14.1 Å². The molecule has 4 nitrogen and oxygen atoms in total. The predicted molar refractivity (Wildman–Crippen MR) is 167 cm³/mol. The minimum Gasteiger partial charge on any atom is -0.439 e. The number of aryl methyl sites for hydroxylation is 1. The first kappa shape index (κ1) is 26.0. The molecule has 1 aliphatic carbocycles. The quantitative estimate of drug-likeness (QED) is 0.203. The molecule has 7 rings (SSSR count). The van der Waals surface area contributed by atoms with Gasteiger partial charge < -0.3 is 4.74 Å². The van der Waals surface area contributed by atoms with Crippen molar-refractivity contribution < 1.29 is 9.30 Å². The summed E-state index contributed by atoms with van der Waals surface area (Å²) in [6, 6.07) is 40.8. The number of pyridine rings is 1. The van der Waals surface area contributed by atoms with E-state index < -0.39 is 5.41 Å². The number of hydrogen-bond acceptors (Lipinski definition) is 2. The fraction of sp³-hybridized carbons (Fsp3) is 0.158. The molecule has 206 valence electrons. The molecule has 0 aliphatic heterocycles. The Morgan fingerprint density at radius 3 is 2.05 bits per heavy atom. The summed E-state index contributed by atoms with van der Waals surface area (Å²) in [5, 5.41) is 0. The number of aromatic nitrogens is 3. The van der Waals surface area contributed by atoms with Gasteiger partial charge in [-0.1, -0.05) is 106 Å². The molecule has 0 saturated carbocycles. The molecule has 1 aliphatic rings. The Hall–Kier alpha value is -4.96. The van der Waals surface area contributed by atoms with Gasteiger partial charge in [-0.05, 0) is 57.0 Å². The summed E-state index contributed by atoms with van der Waals surface area (Å²) >= 11 is 0. The number of nitrogens with zero attached hydrogens (tertiary/aromatic N) is 3. The third kappa shape index (κ3) is 4.22. The van der Waals surface area contributed by atoms with E-state index in [1.807, 2.05) is 42.5 Å². The fourth-order valence-corrected chi connectivity index (χ4v) is 6.27. The minimum absolute atomic E-state index is 0.118. The van der Waals surface area contributed by atoms with Gasteiger partial charge >= 0.3 is 0 Å². The van der Waals surface area contributed by atoms with Gasteiger partial charge in [0.2, 0.25) is 12.2 Å². The smallest absolute Gasteiger partial charge is 0.248 e. The van der Waals surface area contributed by atoms with Crippen LogP contribution >= 0.6 is 0 Å². The van der Waals surface area contributed by atoms with Crippen molar-refractivity contribution in [1.29, 1.82) is 0 Å². The largest absolute Gasteiger partial charge is 0.439 e. The van der Waals surface area contributed by atoms with Crippen LogP contribution in [0, 0.1) is 0 Å². The molecular weight excluding hydrogens is 514 g/mol. The molecule has 0 saturated heterocycles. The first-order chi connectivity index (χ1) is 20.3. The number of rotatable bonds is 5. The van der Waals surface area contributed by atoms with E-state index in [-0.39, 0.29) is 5.41 Å². The second-order valence-electron chi connectivity index (χ2n) is 12.1. The van der Waals surface area contributed by atoms with Crippen LogP contribution in [0.25, 0.3) is 16.8 Å². The van der Waals surface area contributed by atoms with Gasteiger partial charge in [0.25, 0.3) is 0 Å². The van der Waals surface area contributed by atoms with Crippen LogP contribution in [-0.2, 0) is 17.9 Å². The molecule has 2 heterocycles. The molecule has 0 bridgehead atoms. The van der Waals surface area contributed by atoms with Crippen molar-refractivity contribution in [3.63, 3.8) is 0 Å². The van der Waals surface area contributed by atoms with E-state index >= 15 is 0 Å². The van der Waals surface area contributed by atoms with E-state index in [0.29, 0.717) is 5.88 Å². The van der Waals surface area contributed by atoms with Gasteiger partial charge in [0, 0.05) is 12.1 Å². The van der Waals surface area contributed by atoms with Crippen LogP contribution in [0.2, 0.25) is 0 Å². The highest BCUT2D eigenvalue weighted by molar-refractivity contribution is 5.85. The third-order valence-corrected chi connectivity index (χ3v) is 8.32. The normalized spacial score (nSPS) is 13.4. The molecule has 4 heteroatoms. The summed E-state index contributed by atoms with van der Waals surface area (Å²) < 4.78 is 10.7. The highest BCUT2D eigenvalue weighted by Crippen LogP contribution is 2.56. The van der Waals surface area contributed by atoms with Crippen molar-refractivity contribution in [3.8, 4) is 28.4 Å². The highest BCUT2D eigenvalue weighted by Gasteiger charge is 2.47. The van der Waals surface area contributed by atoms with Crippen LogP contribution in [0.1, 0.15) is 48.7 Å². The SMILES string of the molecule is C[n+]1ccn(-c2cccc(Oc3cc(C(C)(C)C)cc(C4(c5ccccc5)c5ccccc5-c5ccccc54)n3)c2)c1. The molecule has 6 aromatic rings. The summed E-state index contributed by atoms with van der Waals surface area (Å²) in [4.78, 5) is 5.34. The highest BCUT2D eigenvalue weighted by atomic mass is 16.5. The van der Waals surface area contributed by atoms with Crippen LogP contribution in [0.4, 0.5) is 0 Å².